The maximum atomic E-state index is 15.1. The summed E-state index contributed by atoms with van der Waals surface area (Å²) in [7, 11) is 0. The minimum absolute atomic E-state index is 0.0716. The van der Waals surface area contributed by atoms with E-state index in [1.165, 1.54) is 0 Å². The summed E-state index contributed by atoms with van der Waals surface area (Å²) < 4.78 is 6.99. The first-order valence-electron chi connectivity index (χ1n) is 15.9. The van der Waals surface area contributed by atoms with Crippen molar-refractivity contribution in [2.45, 2.75) is 91.0 Å². The lowest BCUT2D eigenvalue weighted by atomic mass is 9.62. The van der Waals surface area contributed by atoms with Crippen LogP contribution in [-0.2, 0) is 19.1 Å². The van der Waals surface area contributed by atoms with Gasteiger partial charge in [0.05, 0.1) is 30.1 Å². The quantitative estimate of drug-likeness (QED) is 0.336. The number of aliphatic hydroxyl groups excluding tert-OH is 1. The highest BCUT2D eigenvalue weighted by Gasteiger charge is 2.80. The van der Waals surface area contributed by atoms with E-state index in [9.17, 15) is 14.7 Å². The average Bonchev–Trinajstić information content (AvgIpc) is 3.49. The van der Waals surface area contributed by atoms with Crippen molar-refractivity contribution in [2.24, 2.45) is 23.7 Å². The predicted octanol–water partition coefficient (Wildman–Crippen LogP) is 4.66. The molecular formula is C35H51N3O5. The Kier molecular flexibility index (Phi) is 9.62. The Labute approximate surface area is 257 Å². The Balaban J connectivity index is 1.93. The van der Waals surface area contributed by atoms with E-state index in [4.69, 9.17) is 4.74 Å². The van der Waals surface area contributed by atoms with E-state index in [2.05, 4.69) is 20.1 Å². The van der Waals surface area contributed by atoms with Crippen molar-refractivity contribution < 1.29 is 24.2 Å². The molecule has 3 aliphatic heterocycles. The number of rotatable bonds is 13. The van der Waals surface area contributed by atoms with Crippen LogP contribution in [0, 0.1) is 37.5 Å². The fraction of sp³-hybridized carbons (Fsp3) is 0.629. The number of hydrogen-bond donors (Lipinski definition) is 1. The Hall–Kier alpha value is -2.97. The second-order valence-corrected chi connectivity index (χ2v) is 13.2. The van der Waals surface area contributed by atoms with Crippen molar-refractivity contribution in [1.82, 2.24) is 9.80 Å². The predicted molar refractivity (Wildman–Crippen MR) is 169 cm³/mol. The molecule has 3 unspecified atom stereocenters. The van der Waals surface area contributed by atoms with Gasteiger partial charge in [0.1, 0.15) is 11.6 Å². The standard InChI is InChI=1S/C35H51N3O5/c1-10-16-36(17-11-2)31(40)28-29-32(41)38(27(21-39)23(6)13-4)30(35(29)20-25(8)34(28,9)43-35)33(42)37(18-12-3)26-19-22(5)14-15-24(26)7/h10,12,14-15,19,23,25,27-30,39H,1,3,11,13,16-18,20-21H2,2,4-9H3/t23-,25?,27-,28-,29-,30?,34+,35?/m0/s1. The molecule has 1 aromatic rings. The smallest absolute Gasteiger partial charge is 0.253 e. The van der Waals surface area contributed by atoms with E-state index in [0.29, 0.717) is 25.9 Å². The molecule has 43 heavy (non-hydrogen) atoms. The molecule has 3 amide bonds. The van der Waals surface area contributed by atoms with Crippen molar-refractivity contribution in [1.29, 1.82) is 0 Å². The number of amides is 3. The first-order chi connectivity index (χ1) is 20.4. The van der Waals surface area contributed by atoms with Gasteiger partial charge < -0.3 is 24.5 Å². The number of likely N-dealkylation sites (tertiary alicyclic amines) is 1. The monoisotopic (exact) mass is 593 g/mol. The molecule has 1 spiro atoms. The molecule has 0 aliphatic carbocycles. The Bertz CT molecular complexity index is 1260. The first-order valence-corrected chi connectivity index (χ1v) is 15.9. The van der Waals surface area contributed by atoms with Crippen molar-refractivity contribution in [2.75, 3.05) is 31.1 Å². The number of nitrogens with zero attached hydrogens (tertiary/aromatic N) is 3. The third-order valence-electron chi connectivity index (χ3n) is 10.5. The van der Waals surface area contributed by atoms with Gasteiger partial charge in [-0.15, -0.1) is 13.2 Å². The van der Waals surface area contributed by atoms with Gasteiger partial charge in [0, 0.05) is 25.3 Å². The summed E-state index contributed by atoms with van der Waals surface area (Å²) in [6, 6.07) is 4.37. The summed E-state index contributed by atoms with van der Waals surface area (Å²) in [5, 5.41) is 10.7. The highest BCUT2D eigenvalue weighted by molar-refractivity contribution is 6.05. The van der Waals surface area contributed by atoms with Gasteiger partial charge in [0.25, 0.3) is 5.91 Å². The molecule has 4 rings (SSSR count). The van der Waals surface area contributed by atoms with Crippen LogP contribution in [0.25, 0.3) is 0 Å². The van der Waals surface area contributed by atoms with Crippen LogP contribution in [0.1, 0.15) is 65.0 Å². The van der Waals surface area contributed by atoms with Gasteiger partial charge in [-0.1, -0.05) is 58.4 Å². The zero-order valence-corrected chi connectivity index (χ0v) is 27.1. The summed E-state index contributed by atoms with van der Waals surface area (Å²) in [5.41, 5.74) is 0.570. The molecule has 1 N–H and O–H groups in total. The van der Waals surface area contributed by atoms with Gasteiger partial charge in [-0.05, 0) is 62.6 Å². The van der Waals surface area contributed by atoms with Crippen LogP contribution in [0.5, 0.6) is 0 Å². The van der Waals surface area contributed by atoms with E-state index in [1.807, 2.05) is 59.7 Å². The lowest BCUT2D eigenvalue weighted by Gasteiger charge is -2.41. The largest absolute Gasteiger partial charge is 0.394 e. The van der Waals surface area contributed by atoms with Gasteiger partial charge in [-0.3, -0.25) is 14.4 Å². The molecule has 3 aliphatic rings. The van der Waals surface area contributed by atoms with Crippen LogP contribution in [0.4, 0.5) is 5.69 Å². The number of aliphatic hydroxyl groups is 1. The zero-order chi connectivity index (χ0) is 31.9. The minimum atomic E-state index is -1.20. The van der Waals surface area contributed by atoms with E-state index in [1.54, 1.807) is 26.9 Å². The van der Waals surface area contributed by atoms with Crippen LogP contribution >= 0.6 is 0 Å². The molecule has 0 radical (unpaired) electrons. The molecular weight excluding hydrogens is 542 g/mol. The van der Waals surface area contributed by atoms with Crippen LogP contribution in [0.3, 0.4) is 0 Å². The third-order valence-corrected chi connectivity index (χ3v) is 10.5. The van der Waals surface area contributed by atoms with Crippen LogP contribution in [-0.4, -0.2) is 82.2 Å². The molecule has 3 fully saturated rings. The Morgan fingerprint density at radius 1 is 1.19 bits per heavy atom. The lowest BCUT2D eigenvalue weighted by Crippen LogP contribution is -2.60. The number of hydrogen-bond acceptors (Lipinski definition) is 5. The molecule has 8 heteroatoms. The van der Waals surface area contributed by atoms with E-state index in [0.717, 1.165) is 23.2 Å². The van der Waals surface area contributed by atoms with Crippen LogP contribution in [0.15, 0.2) is 43.5 Å². The highest BCUT2D eigenvalue weighted by Crippen LogP contribution is 2.66. The van der Waals surface area contributed by atoms with Gasteiger partial charge in [-0.2, -0.15) is 0 Å². The molecule has 8 nitrogen and oxygen atoms in total. The van der Waals surface area contributed by atoms with Gasteiger partial charge in [0.2, 0.25) is 11.8 Å². The van der Waals surface area contributed by atoms with Crippen molar-refractivity contribution >= 4 is 23.4 Å². The molecule has 0 aromatic heterocycles. The van der Waals surface area contributed by atoms with Crippen molar-refractivity contribution in [3.63, 3.8) is 0 Å². The van der Waals surface area contributed by atoms with Crippen molar-refractivity contribution in [3.8, 4) is 0 Å². The highest BCUT2D eigenvalue weighted by atomic mass is 16.5. The van der Waals surface area contributed by atoms with E-state index in [-0.39, 0.29) is 42.7 Å². The number of fused-ring (bicyclic) bond motifs is 1. The van der Waals surface area contributed by atoms with E-state index >= 15 is 4.79 Å². The summed E-state index contributed by atoms with van der Waals surface area (Å²) >= 11 is 0. The summed E-state index contributed by atoms with van der Waals surface area (Å²) in [5.74, 6) is -2.41. The maximum Gasteiger partial charge on any atom is 0.253 e. The summed E-state index contributed by atoms with van der Waals surface area (Å²) in [4.78, 5) is 49.3. The first kappa shape index (κ1) is 32.9. The van der Waals surface area contributed by atoms with Crippen LogP contribution < -0.4 is 4.90 Å². The third kappa shape index (κ3) is 5.14. The SMILES string of the molecule is C=CCN(CCC)C(=O)[C@@H]1[C@H]2C(=O)N([C@@H](CO)[C@@H](C)CC)C(C(=O)N(CC=C)c3cc(C)ccc3C)C23CC(C)[C@@]1(C)O3. The Morgan fingerprint density at radius 2 is 1.86 bits per heavy atom. The molecule has 1 aromatic carbocycles. The number of carbonyl (C=O) groups is 3. The lowest BCUT2D eigenvalue weighted by molar-refractivity contribution is -0.154. The second kappa shape index (κ2) is 12.6. The minimum Gasteiger partial charge on any atom is -0.394 e. The fourth-order valence-electron chi connectivity index (χ4n) is 8.01. The number of ether oxygens (including phenoxy) is 1. The normalized spacial score (nSPS) is 30.6. The maximum absolute atomic E-state index is 15.1. The topological polar surface area (TPSA) is 90.4 Å². The van der Waals surface area contributed by atoms with Crippen molar-refractivity contribution in [3.05, 3.63) is 54.6 Å². The second-order valence-electron chi connectivity index (χ2n) is 13.2. The van der Waals surface area contributed by atoms with Gasteiger partial charge in [0.15, 0.2) is 0 Å². The Morgan fingerprint density at radius 3 is 2.44 bits per heavy atom. The summed E-state index contributed by atoms with van der Waals surface area (Å²) in [6.07, 6.45) is 5.35. The molecule has 3 saturated heterocycles. The molecule has 2 bridgehead atoms. The molecule has 3 heterocycles. The molecule has 236 valence electrons. The van der Waals surface area contributed by atoms with Gasteiger partial charge >= 0.3 is 0 Å². The van der Waals surface area contributed by atoms with E-state index < -0.39 is 35.1 Å². The molecule has 8 atom stereocenters. The zero-order valence-electron chi connectivity index (χ0n) is 27.1. The van der Waals surface area contributed by atoms with Gasteiger partial charge in [-0.25, -0.2) is 0 Å². The van der Waals surface area contributed by atoms with Crippen LogP contribution in [0.2, 0.25) is 0 Å². The number of aryl methyl sites for hydroxylation is 2. The average molecular weight is 594 g/mol. The fourth-order valence-corrected chi connectivity index (χ4v) is 8.01. The summed E-state index contributed by atoms with van der Waals surface area (Å²) in [6.45, 7) is 22.6. The number of carbonyl (C=O) groups excluding carboxylic acids is 3. The number of benzene rings is 1. The number of anilines is 1. The molecule has 0 saturated carbocycles.